The minimum Gasteiger partial charge on any atom is -0.481 e. The molecule has 20 heavy (non-hydrogen) atoms. The predicted molar refractivity (Wildman–Crippen MR) is 82.4 cm³/mol. The van der Waals surface area contributed by atoms with Crippen molar-refractivity contribution in [3.63, 3.8) is 0 Å². The van der Waals surface area contributed by atoms with Crippen LogP contribution in [0.15, 0.2) is 24.3 Å². The maximum absolute atomic E-state index is 5.40. The highest BCUT2D eigenvalue weighted by atomic mass is 16.5. The molecule has 0 amide bonds. The van der Waals surface area contributed by atoms with Gasteiger partial charge in [0.25, 0.3) is 0 Å². The van der Waals surface area contributed by atoms with Crippen LogP contribution in [-0.2, 0) is 13.6 Å². The maximum Gasteiger partial charge on any atom is 0.216 e. The smallest absolute Gasteiger partial charge is 0.216 e. The van der Waals surface area contributed by atoms with Gasteiger partial charge >= 0.3 is 0 Å². The highest BCUT2D eigenvalue weighted by Crippen LogP contribution is 2.23. The molecule has 0 saturated carbocycles. The summed E-state index contributed by atoms with van der Waals surface area (Å²) < 4.78 is 7.17. The average Bonchev–Trinajstić information content (AvgIpc) is 2.70. The van der Waals surface area contributed by atoms with Gasteiger partial charge in [-0.05, 0) is 30.5 Å². The molecule has 1 aromatic heterocycles. The van der Waals surface area contributed by atoms with Gasteiger partial charge in [0.15, 0.2) is 0 Å². The molecule has 108 valence electrons. The van der Waals surface area contributed by atoms with Crippen LogP contribution in [0.2, 0.25) is 0 Å². The molecule has 1 heterocycles. The van der Waals surface area contributed by atoms with E-state index in [4.69, 9.17) is 4.74 Å². The average molecular weight is 273 g/mol. The molecule has 0 spiro atoms. The fraction of sp³-hybridized carbons (Fsp3) is 0.438. The van der Waals surface area contributed by atoms with E-state index < -0.39 is 0 Å². The molecule has 0 aliphatic heterocycles. The van der Waals surface area contributed by atoms with Crippen LogP contribution < -0.4 is 10.1 Å². The van der Waals surface area contributed by atoms with Gasteiger partial charge in [-0.1, -0.05) is 26.0 Å². The van der Waals surface area contributed by atoms with Crippen LogP contribution in [-0.4, -0.2) is 16.9 Å². The number of hydrogen-bond acceptors (Lipinski definition) is 3. The van der Waals surface area contributed by atoms with Gasteiger partial charge in [0.1, 0.15) is 0 Å². The van der Waals surface area contributed by atoms with E-state index in [-0.39, 0.29) is 0 Å². The molecule has 0 aliphatic rings. The summed E-state index contributed by atoms with van der Waals surface area (Å²) in [4.78, 5) is 0. The zero-order chi connectivity index (χ0) is 14.7. The van der Waals surface area contributed by atoms with Gasteiger partial charge in [0.05, 0.1) is 18.4 Å². The molecular weight excluding hydrogens is 250 g/mol. The quantitative estimate of drug-likeness (QED) is 0.906. The number of aromatic nitrogens is 2. The van der Waals surface area contributed by atoms with E-state index in [1.54, 1.807) is 11.8 Å². The summed E-state index contributed by atoms with van der Waals surface area (Å²) in [5.41, 5.74) is 4.56. The number of anilines is 1. The number of methoxy groups -OCH3 is 1. The molecule has 0 fully saturated rings. The first-order valence-corrected chi connectivity index (χ1v) is 6.93. The number of rotatable bonds is 5. The van der Waals surface area contributed by atoms with Crippen molar-refractivity contribution in [2.45, 2.75) is 33.2 Å². The van der Waals surface area contributed by atoms with Gasteiger partial charge in [0.2, 0.25) is 5.88 Å². The predicted octanol–water partition coefficient (Wildman–Crippen LogP) is 3.47. The third kappa shape index (κ3) is 2.95. The van der Waals surface area contributed by atoms with E-state index in [0.29, 0.717) is 12.5 Å². The molecule has 0 unspecified atom stereocenters. The van der Waals surface area contributed by atoms with Gasteiger partial charge in [-0.2, -0.15) is 5.10 Å². The van der Waals surface area contributed by atoms with E-state index in [9.17, 15) is 0 Å². The molecule has 4 heteroatoms. The Balaban J connectivity index is 2.09. The maximum atomic E-state index is 5.40. The van der Waals surface area contributed by atoms with Crippen LogP contribution in [0.25, 0.3) is 0 Å². The molecule has 2 aromatic rings. The number of hydrogen-bond donors (Lipinski definition) is 1. The Bertz CT molecular complexity index is 570. The number of ether oxygens (including phenoxy) is 1. The monoisotopic (exact) mass is 273 g/mol. The molecule has 1 N–H and O–H groups in total. The van der Waals surface area contributed by atoms with Gasteiger partial charge in [-0.25, -0.2) is 4.68 Å². The summed E-state index contributed by atoms with van der Waals surface area (Å²) in [5, 5.41) is 7.81. The molecule has 4 nitrogen and oxygen atoms in total. The third-order valence-corrected chi connectivity index (χ3v) is 3.53. The summed E-state index contributed by atoms with van der Waals surface area (Å²) in [6.07, 6.45) is 0. The first-order valence-electron chi connectivity index (χ1n) is 6.93. The first-order chi connectivity index (χ1) is 9.52. The lowest BCUT2D eigenvalue weighted by molar-refractivity contribution is 0.370. The molecule has 0 bridgehead atoms. The molecule has 1 aromatic carbocycles. The molecule has 0 saturated heterocycles. The Labute approximate surface area is 120 Å². The normalized spacial score (nSPS) is 10.9. The molecule has 2 rings (SSSR count). The van der Waals surface area contributed by atoms with Crippen molar-refractivity contribution in [1.29, 1.82) is 0 Å². The minimum absolute atomic E-state index is 0.560. The zero-order valence-electron chi connectivity index (χ0n) is 12.9. The molecule has 0 aliphatic carbocycles. The number of benzene rings is 1. The number of nitrogens with zero attached hydrogens (tertiary/aromatic N) is 2. The topological polar surface area (TPSA) is 39.1 Å². The third-order valence-electron chi connectivity index (χ3n) is 3.53. The Hall–Kier alpha value is -1.97. The van der Waals surface area contributed by atoms with Crippen molar-refractivity contribution in [2.75, 3.05) is 12.4 Å². The Morgan fingerprint density at radius 2 is 1.90 bits per heavy atom. The van der Waals surface area contributed by atoms with Gasteiger partial charge in [-0.15, -0.1) is 0 Å². The lowest BCUT2D eigenvalue weighted by atomic mass is 10.0. The largest absolute Gasteiger partial charge is 0.481 e. The standard InChI is InChI=1S/C16H23N3O/c1-11(2)13-6-8-14(9-7-13)17-10-15-12(3)18-19(4)16(15)20-5/h6-9,11,17H,10H2,1-5H3. The fourth-order valence-corrected chi connectivity index (χ4v) is 2.32. The Morgan fingerprint density at radius 1 is 1.25 bits per heavy atom. The minimum atomic E-state index is 0.560. The van der Waals surface area contributed by atoms with Crippen molar-refractivity contribution in [1.82, 2.24) is 9.78 Å². The van der Waals surface area contributed by atoms with Crippen LogP contribution in [0.5, 0.6) is 5.88 Å². The first kappa shape index (κ1) is 14.4. The zero-order valence-corrected chi connectivity index (χ0v) is 12.9. The highest BCUT2D eigenvalue weighted by molar-refractivity contribution is 5.46. The second-order valence-electron chi connectivity index (χ2n) is 5.33. The molecule has 0 atom stereocenters. The SMILES string of the molecule is COc1c(CNc2ccc(C(C)C)cc2)c(C)nn1C. The second-order valence-corrected chi connectivity index (χ2v) is 5.33. The van der Waals surface area contributed by atoms with Crippen molar-refractivity contribution in [2.24, 2.45) is 7.05 Å². The Kier molecular flexibility index (Phi) is 4.32. The highest BCUT2D eigenvalue weighted by Gasteiger charge is 2.13. The Morgan fingerprint density at radius 3 is 2.45 bits per heavy atom. The van der Waals surface area contributed by atoms with Crippen LogP contribution in [0.4, 0.5) is 5.69 Å². The number of nitrogens with one attached hydrogen (secondary N) is 1. The lowest BCUT2D eigenvalue weighted by Crippen LogP contribution is -2.03. The molecular formula is C16H23N3O. The second kappa shape index (κ2) is 5.99. The van der Waals surface area contributed by atoms with Crippen LogP contribution in [0.3, 0.4) is 0 Å². The number of aryl methyl sites for hydroxylation is 2. The van der Waals surface area contributed by atoms with Crippen molar-refractivity contribution in [3.8, 4) is 5.88 Å². The summed E-state index contributed by atoms with van der Waals surface area (Å²) >= 11 is 0. The summed E-state index contributed by atoms with van der Waals surface area (Å²) in [7, 11) is 3.57. The van der Waals surface area contributed by atoms with Crippen molar-refractivity contribution in [3.05, 3.63) is 41.1 Å². The van der Waals surface area contributed by atoms with E-state index in [0.717, 1.165) is 22.8 Å². The van der Waals surface area contributed by atoms with E-state index in [2.05, 4.69) is 48.5 Å². The van der Waals surface area contributed by atoms with Crippen LogP contribution in [0, 0.1) is 6.92 Å². The van der Waals surface area contributed by atoms with Crippen molar-refractivity contribution >= 4 is 5.69 Å². The van der Waals surface area contributed by atoms with Crippen LogP contribution >= 0.6 is 0 Å². The van der Waals surface area contributed by atoms with E-state index in [1.807, 2.05) is 14.0 Å². The van der Waals surface area contributed by atoms with Crippen molar-refractivity contribution < 1.29 is 4.74 Å². The van der Waals surface area contributed by atoms with E-state index >= 15 is 0 Å². The lowest BCUT2D eigenvalue weighted by Gasteiger charge is -2.10. The van der Waals surface area contributed by atoms with Gasteiger partial charge < -0.3 is 10.1 Å². The fourth-order valence-electron chi connectivity index (χ4n) is 2.32. The summed E-state index contributed by atoms with van der Waals surface area (Å²) in [6.45, 7) is 7.11. The van der Waals surface area contributed by atoms with Gasteiger partial charge in [0, 0.05) is 19.3 Å². The summed E-state index contributed by atoms with van der Waals surface area (Å²) in [5.74, 6) is 1.37. The van der Waals surface area contributed by atoms with Gasteiger partial charge in [-0.3, -0.25) is 0 Å². The summed E-state index contributed by atoms with van der Waals surface area (Å²) in [6, 6.07) is 8.57. The van der Waals surface area contributed by atoms with Crippen LogP contribution in [0.1, 0.15) is 36.6 Å². The molecule has 0 radical (unpaired) electrons. The van der Waals surface area contributed by atoms with E-state index in [1.165, 1.54) is 5.56 Å².